The monoisotopic (exact) mass is 302 g/mol. The molecule has 3 N–H and O–H groups in total. The van der Waals surface area contributed by atoms with Crippen LogP contribution in [0, 0.1) is 0 Å². The molecule has 0 aliphatic heterocycles. The lowest BCUT2D eigenvalue weighted by atomic mass is 10.3. The first-order valence-electron chi connectivity index (χ1n) is 5.51. The first-order valence-corrected chi connectivity index (χ1v) is 5.51. The number of halogens is 2. The first kappa shape index (κ1) is 17.6. The molecule has 5 nitrogen and oxygen atoms in total. The molecule has 0 bridgehead atoms. The van der Waals surface area contributed by atoms with Gasteiger partial charge in [-0.15, -0.1) is 24.8 Å². The molecule has 0 aliphatic carbocycles. The number of amides is 1. The average molecular weight is 303 g/mol. The lowest BCUT2D eigenvalue weighted by Crippen LogP contribution is -2.26. The zero-order chi connectivity index (χ0) is 12.1. The molecule has 104 valence electrons. The summed E-state index contributed by atoms with van der Waals surface area (Å²) in [6.07, 6.45) is 2.24. The van der Waals surface area contributed by atoms with Crippen LogP contribution in [-0.4, -0.2) is 29.0 Å². The Kier molecular flexibility index (Phi) is 7.98. The van der Waals surface area contributed by atoms with Crippen LogP contribution in [-0.2, 0) is 0 Å². The van der Waals surface area contributed by atoms with E-state index in [1.54, 1.807) is 0 Å². The van der Waals surface area contributed by atoms with E-state index in [2.05, 4.69) is 15.3 Å². The number of aromatic nitrogens is 2. The molecule has 0 spiro atoms. The highest BCUT2D eigenvalue weighted by Crippen LogP contribution is 2.08. The van der Waals surface area contributed by atoms with Gasteiger partial charge in [-0.3, -0.25) is 9.78 Å². The quantitative estimate of drug-likeness (QED) is 0.840. The summed E-state index contributed by atoms with van der Waals surface area (Å²) >= 11 is 0. The molecule has 2 aromatic rings. The average Bonchev–Trinajstić information content (AvgIpc) is 2.38. The Morgan fingerprint density at radius 2 is 1.89 bits per heavy atom. The standard InChI is InChI=1S/C12H14N4O.2ClH/c13-6-3-7-14-12(17)11-8-15-9-4-1-2-5-10(9)16-11;;/h1-2,4-5,8H,3,6-7,13H2,(H,14,17);2*1H. The van der Waals surface area contributed by atoms with Gasteiger partial charge < -0.3 is 11.1 Å². The first-order chi connectivity index (χ1) is 8.31. The summed E-state index contributed by atoms with van der Waals surface area (Å²) in [7, 11) is 0. The van der Waals surface area contributed by atoms with Crippen LogP contribution >= 0.6 is 24.8 Å². The van der Waals surface area contributed by atoms with E-state index in [-0.39, 0.29) is 30.7 Å². The highest BCUT2D eigenvalue weighted by molar-refractivity contribution is 5.93. The van der Waals surface area contributed by atoms with Crippen molar-refractivity contribution in [1.29, 1.82) is 0 Å². The highest BCUT2D eigenvalue weighted by Gasteiger charge is 2.07. The molecule has 1 aromatic carbocycles. The molecule has 7 heteroatoms. The highest BCUT2D eigenvalue weighted by atomic mass is 35.5. The molecule has 0 unspecified atom stereocenters. The van der Waals surface area contributed by atoms with Crippen LogP contribution in [0.4, 0.5) is 0 Å². The number of nitrogens with two attached hydrogens (primary N) is 1. The van der Waals surface area contributed by atoms with Crippen LogP contribution in [0.25, 0.3) is 11.0 Å². The fourth-order valence-corrected chi connectivity index (χ4v) is 1.46. The van der Waals surface area contributed by atoms with Gasteiger partial charge in [-0.25, -0.2) is 4.98 Å². The van der Waals surface area contributed by atoms with Crippen LogP contribution in [0.2, 0.25) is 0 Å². The molecule has 1 heterocycles. The van der Waals surface area contributed by atoms with Crippen molar-refractivity contribution in [2.75, 3.05) is 13.1 Å². The summed E-state index contributed by atoms with van der Waals surface area (Å²) in [5, 5.41) is 2.74. The van der Waals surface area contributed by atoms with Gasteiger partial charge in [0.1, 0.15) is 5.69 Å². The van der Waals surface area contributed by atoms with Crippen LogP contribution in [0.5, 0.6) is 0 Å². The summed E-state index contributed by atoms with van der Waals surface area (Å²) in [4.78, 5) is 20.1. The Bertz CT molecular complexity index is 536. The van der Waals surface area contributed by atoms with Gasteiger partial charge in [0.05, 0.1) is 17.2 Å². The van der Waals surface area contributed by atoms with Crippen LogP contribution in [0.1, 0.15) is 16.9 Å². The Balaban J connectivity index is 0.00000162. The third kappa shape index (κ3) is 4.63. The van der Waals surface area contributed by atoms with Crippen molar-refractivity contribution in [3.8, 4) is 0 Å². The van der Waals surface area contributed by atoms with Gasteiger partial charge in [-0.1, -0.05) is 12.1 Å². The van der Waals surface area contributed by atoms with Gasteiger partial charge in [0.2, 0.25) is 0 Å². The molecule has 2 rings (SSSR count). The van der Waals surface area contributed by atoms with Crippen molar-refractivity contribution in [2.45, 2.75) is 6.42 Å². The number of nitrogens with zero attached hydrogens (tertiary/aromatic N) is 2. The molecule has 0 fully saturated rings. The molecular weight excluding hydrogens is 287 g/mol. The van der Waals surface area contributed by atoms with Crippen molar-refractivity contribution in [2.24, 2.45) is 5.73 Å². The zero-order valence-corrected chi connectivity index (χ0v) is 11.8. The van der Waals surface area contributed by atoms with E-state index in [0.717, 1.165) is 17.5 Å². The van der Waals surface area contributed by atoms with E-state index < -0.39 is 0 Å². The smallest absolute Gasteiger partial charge is 0.271 e. The topological polar surface area (TPSA) is 80.9 Å². The Labute approximate surface area is 123 Å². The number of hydrogen-bond donors (Lipinski definition) is 2. The van der Waals surface area contributed by atoms with Gasteiger partial charge in [-0.2, -0.15) is 0 Å². The summed E-state index contributed by atoms with van der Waals surface area (Å²) in [6.45, 7) is 1.12. The second kappa shape index (κ2) is 8.63. The van der Waals surface area contributed by atoms with Crippen molar-refractivity contribution in [1.82, 2.24) is 15.3 Å². The van der Waals surface area contributed by atoms with Gasteiger partial charge in [0, 0.05) is 6.54 Å². The minimum atomic E-state index is -0.211. The molecule has 0 radical (unpaired) electrons. The maximum Gasteiger partial charge on any atom is 0.271 e. The van der Waals surface area contributed by atoms with Crippen molar-refractivity contribution in [3.63, 3.8) is 0 Å². The largest absolute Gasteiger partial charge is 0.351 e. The number of rotatable bonds is 4. The van der Waals surface area contributed by atoms with Gasteiger partial charge >= 0.3 is 0 Å². The number of para-hydroxylation sites is 2. The minimum absolute atomic E-state index is 0. The zero-order valence-electron chi connectivity index (χ0n) is 10.2. The summed E-state index contributed by atoms with van der Waals surface area (Å²) in [6, 6.07) is 7.45. The van der Waals surface area contributed by atoms with E-state index in [1.165, 1.54) is 6.20 Å². The van der Waals surface area contributed by atoms with E-state index in [4.69, 9.17) is 5.73 Å². The fraction of sp³-hybridized carbons (Fsp3) is 0.250. The molecule has 0 saturated carbocycles. The lowest BCUT2D eigenvalue weighted by Gasteiger charge is -2.04. The molecule has 0 atom stereocenters. The second-order valence-corrected chi connectivity index (χ2v) is 3.64. The molecular formula is C12H16Cl2N4O. The maximum absolute atomic E-state index is 11.7. The number of hydrogen-bond acceptors (Lipinski definition) is 4. The number of carbonyl (C=O) groups is 1. The SMILES string of the molecule is Cl.Cl.NCCCNC(=O)c1cnc2ccccc2n1. The van der Waals surface area contributed by atoms with Crippen LogP contribution < -0.4 is 11.1 Å². The fourth-order valence-electron chi connectivity index (χ4n) is 1.46. The van der Waals surface area contributed by atoms with Gasteiger partial charge in [-0.05, 0) is 25.1 Å². The summed E-state index contributed by atoms with van der Waals surface area (Å²) < 4.78 is 0. The summed E-state index contributed by atoms with van der Waals surface area (Å²) in [5.41, 5.74) is 7.19. The van der Waals surface area contributed by atoms with Crippen molar-refractivity contribution >= 4 is 41.8 Å². The Morgan fingerprint density at radius 1 is 1.21 bits per heavy atom. The van der Waals surface area contributed by atoms with E-state index in [9.17, 15) is 4.79 Å². The number of fused-ring (bicyclic) bond motifs is 1. The van der Waals surface area contributed by atoms with E-state index >= 15 is 0 Å². The van der Waals surface area contributed by atoms with E-state index in [0.29, 0.717) is 18.8 Å². The third-order valence-electron chi connectivity index (χ3n) is 2.35. The van der Waals surface area contributed by atoms with Gasteiger partial charge in [0.25, 0.3) is 5.91 Å². The molecule has 0 saturated heterocycles. The predicted octanol–water partition coefficient (Wildman–Crippen LogP) is 1.55. The van der Waals surface area contributed by atoms with Crippen molar-refractivity contribution in [3.05, 3.63) is 36.2 Å². The minimum Gasteiger partial charge on any atom is -0.351 e. The van der Waals surface area contributed by atoms with Crippen molar-refractivity contribution < 1.29 is 4.79 Å². The van der Waals surface area contributed by atoms with Gasteiger partial charge in [0.15, 0.2) is 0 Å². The van der Waals surface area contributed by atoms with Crippen LogP contribution in [0.15, 0.2) is 30.5 Å². The normalized spacial score (nSPS) is 9.32. The Hall–Kier alpha value is -1.43. The molecule has 1 aromatic heterocycles. The Morgan fingerprint density at radius 3 is 2.58 bits per heavy atom. The van der Waals surface area contributed by atoms with E-state index in [1.807, 2.05) is 24.3 Å². The third-order valence-corrected chi connectivity index (χ3v) is 2.35. The number of benzene rings is 1. The number of carbonyl (C=O) groups excluding carboxylic acids is 1. The molecule has 1 amide bonds. The lowest BCUT2D eigenvalue weighted by molar-refractivity contribution is 0.0948. The van der Waals surface area contributed by atoms with Crippen LogP contribution in [0.3, 0.4) is 0 Å². The number of nitrogens with one attached hydrogen (secondary N) is 1. The summed E-state index contributed by atoms with van der Waals surface area (Å²) in [5.74, 6) is -0.211. The molecule has 19 heavy (non-hydrogen) atoms. The maximum atomic E-state index is 11.7. The predicted molar refractivity (Wildman–Crippen MR) is 80.0 cm³/mol. The molecule has 0 aliphatic rings. The second-order valence-electron chi connectivity index (χ2n) is 3.64.